The standard InChI is InChI=1S/C19H20N4O4/c24-17(12-13-4-5-16-15(11-13)21-19(26)27-16)22-7-2-8-23(10-9-22)18(25)14-3-1-6-20-14/h1,3-6,11,20H,2,7-10,12H2,(H,21,26). The number of hydrogen-bond donors (Lipinski definition) is 2. The van der Waals surface area contributed by atoms with Crippen LogP contribution in [0.3, 0.4) is 0 Å². The van der Waals surface area contributed by atoms with Crippen LogP contribution in [0.1, 0.15) is 22.5 Å². The third-order valence-electron chi connectivity index (χ3n) is 4.80. The first kappa shape index (κ1) is 17.1. The topological polar surface area (TPSA) is 102 Å². The van der Waals surface area contributed by atoms with Crippen molar-refractivity contribution in [3.63, 3.8) is 0 Å². The van der Waals surface area contributed by atoms with Crippen molar-refractivity contribution >= 4 is 22.9 Å². The average molecular weight is 368 g/mol. The lowest BCUT2D eigenvalue weighted by Gasteiger charge is -2.22. The Labute approximate surface area is 154 Å². The molecule has 140 valence electrons. The molecular formula is C19H20N4O4. The van der Waals surface area contributed by atoms with E-state index in [0.29, 0.717) is 43.0 Å². The number of rotatable bonds is 3. The Bertz CT molecular complexity index is 1020. The normalized spacial score (nSPS) is 15.1. The van der Waals surface area contributed by atoms with E-state index in [1.54, 1.807) is 46.3 Å². The fourth-order valence-corrected chi connectivity index (χ4v) is 3.40. The summed E-state index contributed by atoms with van der Waals surface area (Å²) in [5.74, 6) is -0.536. The molecule has 1 fully saturated rings. The van der Waals surface area contributed by atoms with Crippen molar-refractivity contribution in [2.75, 3.05) is 26.2 Å². The van der Waals surface area contributed by atoms with Crippen LogP contribution in [0, 0.1) is 0 Å². The van der Waals surface area contributed by atoms with Gasteiger partial charge in [-0.05, 0) is 36.2 Å². The van der Waals surface area contributed by atoms with Crippen molar-refractivity contribution in [1.29, 1.82) is 0 Å². The summed E-state index contributed by atoms with van der Waals surface area (Å²) in [4.78, 5) is 45.5. The lowest BCUT2D eigenvalue weighted by atomic mass is 10.1. The van der Waals surface area contributed by atoms with E-state index in [1.807, 2.05) is 0 Å². The fourth-order valence-electron chi connectivity index (χ4n) is 3.40. The molecule has 8 nitrogen and oxygen atoms in total. The third-order valence-corrected chi connectivity index (χ3v) is 4.80. The SMILES string of the molecule is O=C(Cc1ccc2oc(=O)[nH]c2c1)N1CCCN(C(=O)c2ccc[nH]2)CC1. The van der Waals surface area contributed by atoms with E-state index in [2.05, 4.69) is 9.97 Å². The van der Waals surface area contributed by atoms with E-state index in [1.165, 1.54) is 0 Å². The largest absolute Gasteiger partial charge is 0.417 e. The Morgan fingerprint density at radius 1 is 1.07 bits per heavy atom. The Hall–Kier alpha value is -3.29. The van der Waals surface area contributed by atoms with Gasteiger partial charge < -0.3 is 19.2 Å². The second-order valence-electron chi connectivity index (χ2n) is 6.63. The molecule has 0 saturated carbocycles. The summed E-state index contributed by atoms with van der Waals surface area (Å²) in [5, 5.41) is 0. The van der Waals surface area contributed by atoms with Gasteiger partial charge in [0.05, 0.1) is 11.9 Å². The van der Waals surface area contributed by atoms with Gasteiger partial charge in [0, 0.05) is 32.4 Å². The molecule has 0 aliphatic carbocycles. The number of carbonyl (C=O) groups is 2. The van der Waals surface area contributed by atoms with Crippen LogP contribution in [0.5, 0.6) is 0 Å². The van der Waals surface area contributed by atoms with Gasteiger partial charge in [0.25, 0.3) is 5.91 Å². The fraction of sp³-hybridized carbons (Fsp3) is 0.316. The molecule has 1 aromatic carbocycles. The molecule has 27 heavy (non-hydrogen) atoms. The number of fused-ring (bicyclic) bond motifs is 1. The van der Waals surface area contributed by atoms with Crippen LogP contribution in [0.15, 0.2) is 45.7 Å². The van der Waals surface area contributed by atoms with Crippen LogP contribution >= 0.6 is 0 Å². The lowest BCUT2D eigenvalue weighted by molar-refractivity contribution is -0.130. The van der Waals surface area contributed by atoms with E-state index in [0.717, 1.165) is 12.0 Å². The Morgan fingerprint density at radius 2 is 1.89 bits per heavy atom. The van der Waals surface area contributed by atoms with E-state index in [9.17, 15) is 14.4 Å². The van der Waals surface area contributed by atoms with E-state index < -0.39 is 5.76 Å². The van der Waals surface area contributed by atoms with E-state index in [-0.39, 0.29) is 18.2 Å². The van der Waals surface area contributed by atoms with E-state index in [4.69, 9.17) is 4.42 Å². The Morgan fingerprint density at radius 3 is 2.70 bits per heavy atom. The van der Waals surface area contributed by atoms with Gasteiger partial charge in [-0.1, -0.05) is 6.07 Å². The van der Waals surface area contributed by atoms with Gasteiger partial charge in [-0.25, -0.2) is 4.79 Å². The van der Waals surface area contributed by atoms with Gasteiger partial charge in [-0.2, -0.15) is 0 Å². The molecule has 0 atom stereocenters. The smallest absolute Gasteiger partial charge is 0.408 e. The average Bonchev–Trinajstić information content (AvgIpc) is 3.23. The minimum Gasteiger partial charge on any atom is -0.408 e. The van der Waals surface area contributed by atoms with Gasteiger partial charge >= 0.3 is 5.76 Å². The van der Waals surface area contributed by atoms with Crippen molar-refractivity contribution in [3.05, 3.63) is 58.3 Å². The Balaban J connectivity index is 1.40. The summed E-state index contributed by atoms with van der Waals surface area (Å²) in [6.07, 6.45) is 2.71. The second kappa shape index (κ2) is 7.14. The van der Waals surface area contributed by atoms with Crippen molar-refractivity contribution in [2.45, 2.75) is 12.8 Å². The first-order valence-electron chi connectivity index (χ1n) is 8.92. The number of amides is 2. The zero-order chi connectivity index (χ0) is 18.8. The number of nitrogens with one attached hydrogen (secondary N) is 2. The number of oxazole rings is 1. The molecule has 3 aromatic rings. The maximum absolute atomic E-state index is 12.7. The minimum absolute atomic E-state index is 0.00867. The summed E-state index contributed by atoms with van der Waals surface area (Å²) in [7, 11) is 0. The monoisotopic (exact) mass is 368 g/mol. The summed E-state index contributed by atoms with van der Waals surface area (Å²) < 4.78 is 4.98. The molecule has 1 aliphatic heterocycles. The maximum atomic E-state index is 12.7. The van der Waals surface area contributed by atoms with E-state index >= 15 is 0 Å². The number of aromatic nitrogens is 2. The minimum atomic E-state index is -0.507. The van der Waals surface area contributed by atoms with Crippen molar-refractivity contribution < 1.29 is 14.0 Å². The van der Waals surface area contributed by atoms with Crippen LogP contribution in [-0.2, 0) is 11.2 Å². The number of aromatic amines is 2. The molecule has 1 saturated heterocycles. The molecule has 0 unspecified atom stereocenters. The number of H-pyrrole nitrogens is 2. The van der Waals surface area contributed by atoms with Crippen LogP contribution < -0.4 is 5.76 Å². The van der Waals surface area contributed by atoms with Gasteiger partial charge in [0.1, 0.15) is 5.69 Å². The number of benzene rings is 1. The summed E-state index contributed by atoms with van der Waals surface area (Å²) in [6.45, 7) is 2.27. The zero-order valence-corrected chi connectivity index (χ0v) is 14.7. The predicted molar refractivity (Wildman–Crippen MR) is 98.4 cm³/mol. The molecule has 2 aromatic heterocycles. The third kappa shape index (κ3) is 3.64. The summed E-state index contributed by atoms with van der Waals surface area (Å²) >= 11 is 0. The molecule has 0 radical (unpaired) electrons. The summed E-state index contributed by atoms with van der Waals surface area (Å²) in [6, 6.07) is 8.79. The summed E-state index contributed by atoms with van der Waals surface area (Å²) in [5.41, 5.74) is 2.44. The van der Waals surface area contributed by atoms with Gasteiger partial charge in [0.15, 0.2) is 5.58 Å². The van der Waals surface area contributed by atoms with Crippen molar-refractivity contribution in [2.24, 2.45) is 0 Å². The highest BCUT2D eigenvalue weighted by atomic mass is 16.4. The predicted octanol–water partition coefficient (Wildman–Crippen LogP) is 1.37. The molecular weight excluding hydrogens is 348 g/mol. The Kier molecular flexibility index (Phi) is 4.53. The maximum Gasteiger partial charge on any atom is 0.417 e. The molecule has 3 heterocycles. The van der Waals surface area contributed by atoms with Gasteiger partial charge in [-0.3, -0.25) is 14.6 Å². The van der Waals surface area contributed by atoms with Crippen LogP contribution in [-0.4, -0.2) is 57.8 Å². The molecule has 0 bridgehead atoms. The molecule has 4 rings (SSSR count). The van der Waals surface area contributed by atoms with Gasteiger partial charge in [0.2, 0.25) is 5.91 Å². The number of carbonyl (C=O) groups excluding carboxylic acids is 2. The van der Waals surface area contributed by atoms with Gasteiger partial charge in [-0.15, -0.1) is 0 Å². The molecule has 2 amide bonds. The quantitative estimate of drug-likeness (QED) is 0.729. The van der Waals surface area contributed by atoms with Crippen LogP contribution in [0.25, 0.3) is 11.1 Å². The lowest BCUT2D eigenvalue weighted by Crippen LogP contribution is -2.38. The molecule has 0 spiro atoms. The first-order valence-corrected chi connectivity index (χ1v) is 8.92. The van der Waals surface area contributed by atoms with Crippen molar-refractivity contribution in [1.82, 2.24) is 19.8 Å². The highest BCUT2D eigenvalue weighted by Gasteiger charge is 2.23. The van der Waals surface area contributed by atoms with Crippen LogP contribution in [0.4, 0.5) is 0 Å². The van der Waals surface area contributed by atoms with Crippen molar-refractivity contribution in [3.8, 4) is 0 Å². The highest BCUT2D eigenvalue weighted by Crippen LogP contribution is 2.14. The zero-order valence-electron chi connectivity index (χ0n) is 14.7. The molecule has 1 aliphatic rings. The first-order chi connectivity index (χ1) is 13.1. The molecule has 8 heteroatoms. The highest BCUT2D eigenvalue weighted by molar-refractivity contribution is 5.92. The van der Waals surface area contributed by atoms with Crippen LogP contribution in [0.2, 0.25) is 0 Å². The number of hydrogen-bond acceptors (Lipinski definition) is 4. The number of nitrogens with zero attached hydrogens (tertiary/aromatic N) is 2. The second-order valence-corrected chi connectivity index (χ2v) is 6.63. The molecule has 2 N–H and O–H groups in total.